The molecule has 1 heterocycles. The van der Waals surface area contributed by atoms with Crippen molar-refractivity contribution in [2.24, 2.45) is 5.41 Å². The Morgan fingerprint density at radius 3 is 2.52 bits per heavy atom. The van der Waals surface area contributed by atoms with Gasteiger partial charge in [-0.1, -0.05) is 37.8 Å². The molecule has 0 spiro atoms. The molecule has 1 saturated heterocycles. The highest BCUT2D eigenvalue weighted by Gasteiger charge is 2.35. The van der Waals surface area contributed by atoms with Gasteiger partial charge in [-0.3, -0.25) is 4.79 Å². The van der Waals surface area contributed by atoms with Crippen LogP contribution in [-0.4, -0.2) is 31.6 Å². The van der Waals surface area contributed by atoms with Gasteiger partial charge in [-0.2, -0.15) is 0 Å². The molecule has 0 amide bonds. The van der Waals surface area contributed by atoms with Crippen molar-refractivity contribution in [3.63, 3.8) is 0 Å². The van der Waals surface area contributed by atoms with Crippen LogP contribution in [-0.2, 0) is 20.7 Å². The smallest absolute Gasteiger partial charge is 0.330 e. The van der Waals surface area contributed by atoms with E-state index < -0.39 is 5.97 Å². The van der Waals surface area contributed by atoms with E-state index in [4.69, 9.17) is 9.47 Å². The van der Waals surface area contributed by atoms with E-state index in [2.05, 4.69) is 13.5 Å². The van der Waals surface area contributed by atoms with Crippen molar-refractivity contribution in [3.8, 4) is 0 Å². The second kappa shape index (κ2) is 8.06. The van der Waals surface area contributed by atoms with Gasteiger partial charge in [0.2, 0.25) is 0 Å². The predicted octanol–water partition coefficient (Wildman–Crippen LogP) is 3.35. The molecular weight excluding hydrogens is 292 g/mol. The standard InChI is InChI=1S/C19H24O4/c1-3-18(21)23-12-10-17(20)16-7-5-15(6-8-16)9-11-19(4-2)13-22-14-19/h3,5-8H,1,4,9-14H2,2H3. The van der Waals surface area contributed by atoms with Gasteiger partial charge in [0.25, 0.3) is 0 Å². The van der Waals surface area contributed by atoms with Crippen molar-refractivity contribution in [1.29, 1.82) is 0 Å². The Hall–Kier alpha value is -1.94. The summed E-state index contributed by atoms with van der Waals surface area (Å²) in [6, 6.07) is 7.71. The summed E-state index contributed by atoms with van der Waals surface area (Å²) in [6.45, 7) is 7.34. The molecule has 0 atom stereocenters. The number of carbonyl (C=O) groups excluding carboxylic acids is 2. The molecule has 0 unspecified atom stereocenters. The summed E-state index contributed by atoms with van der Waals surface area (Å²) >= 11 is 0. The van der Waals surface area contributed by atoms with E-state index in [0.717, 1.165) is 38.6 Å². The van der Waals surface area contributed by atoms with E-state index in [-0.39, 0.29) is 18.8 Å². The maximum Gasteiger partial charge on any atom is 0.330 e. The largest absolute Gasteiger partial charge is 0.462 e. The summed E-state index contributed by atoms with van der Waals surface area (Å²) in [5, 5.41) is 0. The number of carbonyl (C=O) groups is 2. The third-order valence-electron chi connectivity index (χ3n) is 4.53. The van der Waals surface area contributed by atoms with Gasteiger partial charge in [0.15, 0.2) is 5.78 Å². The van der Waals surface area contributed by atoms with Crippen LogP contribution in [0.5, 0.6) is 0 Å². The maximum atomic E-state index is 12.0. The second-order valence-electron chi connectivity index (χ2n) is 6.09. The van der Waals surface area contributed by atoms with Crippen LogP contribution in [0.15, 0.2) is 36.9 Å². The molecule has 23 heavy (non-hydrogen) atoms. The van der Waals surface area contributed by atoms with Crippen LogP contribution in [0, 0.1) is 5.41 Å². The molecule has 2 rings (SSSR count). The number of Topliss-reactive ketones (excluding diaryl/α,β-unsaturated/α-hetero) is 1. The molecule has 0 aromatic heterocycles. The van der Waals surface area contributed by atoms with Gasteiger partial charge in [0, 0.05) is 23.5 Å². The van der Waals surface area contributed by atoms with Gasteiger partial charge in [0.1, 0.15) is 0 Å². The third kappa shape index (κ3) is 4.76. The minimum atomic E-state index is -0.502. The average molecular weight is 316 g/mol. The van der Waals surface area contributed by atoms with Crippen molar-refractivity contribution >= 4 is 11.8 Å². The van der Waals surface area contributed by atoms with E-state index in [9.17, 15) is 9.59 Å². The number of ketones is 1. The van der Waals surface area contributed by atoms with Crippen molar-refractivity contribution in [2.75, 3.05) is 19.8 Å². The van der Waals surface area contributed by atoms with Crippen LogP contribution in [0.3, 0.4) is 0 Å². The minimum Gasteiger partial charge on any atom is -0.462 e. The first kappa shape index (κ1) is 17.4. The molecule has 1 aliphatic rings. The summed E-state index contributed by atoms with van der Waals surface area (Å²) in [5.41, 5.74) is 2.24. The molecule has 1 fully saturated rings. The summed E-state index contributed by atoms with van der Waals surface area (Å²) in [7, 11) is 0. The zero-order valence-electron chi connectivity index (χ0n) is 13.7. The Kier molecular flexibility index (Phi) is 6.11. The number of benzene rings is 1. The van der Waals surface area contributed by atoms with Gasteiger partial charge in [0.05, 0.1) is 19.8 Å². The van der Waals surface area contributed by atoms with E-state index in [1.165, 1.54) is 5.56 Å². The van der Waals surface area contributed by atoms with Crippen LogP contribution < -0.4 is 0 Å². The summed E-state index contributed by atoms with van der Waals surface area (Å²) in [5.74, 6) is -0.524. The van der Waals surface area contributed by atoms with Crippen molar-refractivity contribution in [2.45, 2.75) is 32.6 Å². The van der Waals surface area contributed by atoms with Gasteiger partial charge in [-0.25, -0.2) is 4.79 Å². The summed E-state index contributed by atoms with van der Waals surface area (Å²) in [6.07, 6.45) is 4.55. The Morgan fingerprint density at radius 1 is 1.30 bits per heavy atom. The highest BCUT2D eigenvalue weighted by Crippen LogP contribution is 2.36. The highest BCUT2D eigenvalue weighted by atomic mass is 16.5. The topological polar surface area (TPSA) is 52.6 Å². The van der Waals surface area contributed by atoms with Gasteiger partial charge < -0.3 is 9.47 Å². The molecule has 0 saturated carbocycles. The van der Waals surface area contributed by atoms with Crippen molar-refractivity contribution < 1.29 is 19.1 Å². The van der Waals surface area contributed by atoms with Crippen LogP contribution >= 0.6 is 0 Å². The van der Waals surface area contributed by atoms with E-state index in [0.29, 0.717) is 11.0 Å². The van der Waals surface area contributed by atoms with Gasteiger partial charge in [-0.05, 0) is 24.8 Å². The number of rotatable bonds is 9. The molecule has 0 radical (unpaired) electrons. The Morgan fingerprint density at radius 2 is 2.00 bits per heavy atom. The number of hydrogen-bond donors (Lipinski definition) is 0. The fraction of sp³-hybridized carbons (Fsp3) is 0.474. The molecule has 1 aromatic carbocycles. The van der Waals surface area contributed by atoms with Crippen molar-refractivity contribution in [1.82, 2.24) is 0 Å². The minimum absolute atomic E-state index is 0.0224. The quantitative estimate of drug-likeness (QED) is 0.398. The Balaban J connectivity index is 1.80. The molecule has 1 aromatic rings. The molecule has 1 aliphatic heterocycles. The summed E-state index contributed by atoms with van der Waals surface area (Å²) < 4.78 is 10.2. The van der Waals surface area contributed by atoms with Crippen molar-refractivity contribution in [3.05, 3.63) is 48.0 Å². The number of aryl methyl sites for hydroxylation is 1. The molecule has 0 aliphatic carbocycles. The van der Waals surface area contributed by atoms with Gasteiger partial charge in [-0.15, -0.1) is 0 Å². The maximum absolute atomic E-state index is 12.0. The molecule has 4 heteroatoms. The lowest BCUT2D eigenvalue weighted by Gasteiger charge is -2.41. The van der Waals surface area contributed by atoms with E-state index >= 15 is 0 Å². The van der Waals surface area contributed by atoms with E-state index in [1.54, 1.807) is 0 Å². The average Bonchev–Trinajstić information content (AvgIpc) is 2.54. The SMILES string of the molecule is C=CC(=O)OCCC(=O)c1ccc(CCC2(CC)COC2)cc1. The van der Waals surface area contributed by atoms with Crippen LogP contribution in [0.2, 0.25) is 0 Å². The molecule has 124 valence electrons. The number of hydrogen-bond acceptors (Lipinski definition) is 4. The van der Waals surface area contributed by atoms with Crippen LogP contribution in [0.4, 0.5) is 0 Å². The highest BCUT2D eigenvalue weighted by molar-refractivity contribution is 5.96. The molecule has 4 nitrogen and oxygen atoms in total. The Labute approximate surface area is 137 Å². The van der Waals surface area contributed by atoms with E-state index in [1.807, 2.05) is 24.3 Å². The lowest BCUT2D eigenvalue weighted by molar-refractivity contribution is -0.137. The monoisotopic (exact) mass is 316 g/mol. The fourth-order valence-electron chi connectivity index (χ4n) is 2.63. The fourth-order valence-corrected chi connectivity index (χ4v) is 2.63. The first-order valence-electron chi connectivity index (χ1n) is 8.08. The number of ether oxygens (including phenoxy) is 2. The zero-order valence-corrected chi connectivity index (χ0v) is 13.7. The normalized spacial score (nSPS) is 15.5. The summed E-state index contributed by atoms with van der Waals surface area (Å²) in [4.78, 5) is 22.9. The lowest BCUT2D eigenvalue weighted by Crippen LogP contribution is -2.42. The van der Waals surface area contributed by atoms with Crippen LogP contribution in [0.1, 0.15) is 42.1 Å². The zero-order chi connectivity index (χ0) is 16.7. The molecule has 0 bridgehead atoms. The first-order valence-corrected chi connectivity index (χ1v) is 8.08. The third-order valence-corrected chi connectivity index (χ3v) is 4.53. The first-order chi connectivity index (χ1) is 11.1. The predicted molar refractivity (Wildman–Crippen MR) is 88.4 cm³/mol. The number of esters is 1. The Bertz CT molecular complexity index is 550. The second-order valence-corrected chi connectivity index (χ2v) is 6.09. The van der Waals surface area contributed by atoms with Crippen LogP contribution in [0.25, 0.3) is 0 Å². The molecular formula is C19H24O4. The molecule has 0 N–H and O–H groups in total. The lowest BCUT2D eigenvalue weighted by atomic mass is 9.78. The van der Waals surface area contributed by atoms with Gasteiger partial charge >= 0.3 is 5.97 Å².